The summed E-state index contributed by atoms with van der Waals surface area (Å²) in [6, 6.07) is 2.33. The van der Waals surface area contributed by atoms with Gasteiger partial charge in [-0.25, -0.2) is 18.7 Å². The first-order valence-electron chi connectivity index (χ1n) is 5.69. The second-order valence-electron chi connectivity index (χ2n) is 3.75. The maximum absolute atomic E-state index is 12.5. The van der Waals surface area contributed by atoms with E-state index < -0.39 is 11.6 Å². The summed E-state index contributed by atoms with van der Waals surface area (Å²) in [6.07, 6.45) is 2.00. The van der Waals surface area contributed by atoms with E-state index in [-0.39, 0.29) is 23.5 Å². The fraction of sp³-hybridized carbons (Fsp3) is 0.167. The second-order valence-corrected chi connectivity index (χ2v) is 4.47. The molecule has 10 heteroatoms. The molecule has 0 aliphatic heterocycles. The number of aliphatic hydroxyl groups is 1. The molecule has 1 N–H and O–H groups in total. The molecule has 2 heterocycles. The molecule has 0 aliphatic carbocycles. The van der Waals surface area contributed by atoms with Crippen LogP contribution >= 0.6 is 23.2 Å². The molecule has 0 fully saturated rings. The Kier molecular flexibility index (Phi) is 7.48. The van der Waals surface area contributed by atoms with E-state index in [2.05, 4.69) is 20.0 Å². The fourth-order valence-electron chi connectivity index (χ4n) is 1.26. The van der Waals surface area contributed by atoms with E-state index in [1.807, 2.05) is 0 Å². The summed E-state index contributed by atoms with van der Waals surface area (Å²) in [4.78, 5) is 9.54. The maximum Gasteiger partial charge on any atom is 0.141 e. The monoisotopic (exact) mass is 347 g/mol. The van der Waals surface area contributed by atoms with Gasteiger partial charge in [0, 0.05) is 10.5 Å². The third kappa shape index (κ3) is 5.79. The topological polar surface area (TPSA) is 94.8 Å². The smallest absolute Gasteiger partial charge is 0.141 e. The highest BCUT2D eigenvalue weighted by atomic mass is 35.5. The first kappa shape index (κ1) is 18.1. The second kappa shape index (κ2) is 9.11. The highest BCUT2D eigenvalue weighted by molar-refractivity contribution is 6.30. The van der Waals surface area contributed by atoms with Gasteiger partial charge in [-0.1, -0.05) is 28.3 Å². The van der Waals surface area contributed by atoms with Gasteiger partial charge in [-0.05, 0) is 23.2 Å². The zero-order valence-corrected chi connectivity index (χ0v) is 12.4. The van der Waals surface area contributed by atoms with Gasteiger partial charge >= 0.3 is 0 Å². The van der Waals surface area contributed by atoms with E-state index >= 15 is 0 Å². The zero-order valence-electron chi connectivity index (χ0n) is 10.9. The summed E-state index contributed by atoms with van der Waals surface area (Å²) in [6.45, 7) is -0.274. The average molecular weight is 348 g/mol. The van der Waals surface area contributed by atoms with Crippen LogP contribution in [0.5, 0.6) is 0 Å². The zero-order chi connectivity index (χ0) is 16.5. The van der Waals surface area contributed by atoms with Crippen LogP contribution < -0.4 is 0 Å². The van der Waals surface area contributed by atoms with E-state index in [1.165, 1.54) is 6.07 Å². The number of hydrogen-bond acceptors (Lipinski definition) is 4. The van der Waals surface area contributed by atoms with E-state index in [0.717, 1.165) is 18.5 Å². The van der Waals surface area contributed by atoms with Gasteiger partial charge in [-0.3, -0.25) is 0 Å². The molecule has 0 saturated carbocycles. The van der Waals surface area contributed by atoms with E-state index in [9.17, 15) is 8.78 Å². The molecule has 6 nitrogen and oxygen atoms in total. The minimum atomic E-state index is -0.498. The van der Waals surface area contributed by atoms with Crippen molar-refractivity contribution in [3.8, 4) is 0 Å². The van der Waals surface area contributed by atoms with Crippen molar-refractivity contribution >= 4 is 23.2 Å². The molecule has 0 atom stereocenters. The molecule has 0 amide bonds. The summed E-state index contributed by atoms with van der Waals surface area (Å²) in [7, 11) is 0. The lowest BCUT2D eigenvalue weighted by Gasteiger charge is -1.97. The molecule has 0 bridgehead atoms. The minimum Gasteiger partial charge on any atom is -0.392 e. The van der Waals surface area contributed by atoms with Crippen molar-refractivity contribution in [2.24, 2.45) is 5.11 Å². The molecule has 0 saturated heterocycles. The minimum absolute atomic E-state index is 0.0140. The molecule has 116 valence electrons. The van der Waals surface area contributed by atoms with Crippen LogP contribution in [0.15, 0.2) is 29.6 Å². The molecule has 0 radical (unpaired) electrons. The lowest BCUT2D eigenvalue weighted by Crippen LogP contribution is -1.89. The molecular weight excluding hydrogens is 339 g/mol. The van der Waals surface area contributed by atoms with E-state index in [1.54, 1.807) is 0 Å². The van der Waals surface area contributed by atoms with Crippen molar-refractivity contribution < 1.29 is 13.9 Å². The predicted octanol–water partition coefficient (Wildman–Crippen LogP) is 4.05. The largest absolute Gasteiger partial charge is 0.392 e. The van der Waals surface area contributed by atoms with Crippen molar-refractivity contribution in [2.45, 2.75) is 13.2 Å². The quantitative estimate of drug-likeness (QED) is 0.392. The average Bonchev–Trinajstić information content (AvgIpc) is 2.51. The SMILES string of the molecule is OCc1cc(F)cnc1Cl.[N-]=[N+]=NCc1cc(F)cnc1Cl. The van der Waals surface area contributed by atoms with Gasteiger partial charge in [-0.15, -0.1) is 0 Å². The van der Waals surface area contributed by atoms with Crippen LogP contribution in [0.1, 0.15) is 11.1 Å². The number of pyridine rings is 2. The third-order valence-corrected chi connectivity index (χ3v) is 2.91. The van der Waals surface area contributed by atoms with Gasteiger partial charge < -0.3 is 5.11 Å². The first-order chi connectivity index (χ1) is 10.5. The van der Waals surface area contributed by atoms with Crippen LogP contribution in [-0.2, 0) is 13.2 Å². The lowest BCUT2D eigenvalue weighted by atomic mass is 10.3. The molecular formula is C12H9Cl2F2N5O. The molecule has 0 aliphatic rings. The Bertz CT molecular complexity index is 695. The van der Waals surface area contributed by atoms with Crippen LogP contribution in [0.3, 0.4) is 0 Å². The highest BCUT2D eigenvalue weighted by Gasteiger charge is 2.01. The van der Waals surface area contributed by atoms with Crippen molar-refractivity contribution in [2.75, 3.05) is 0 Å². The van der Waals surface area contributed by atoms with Crippen LogP contribution in [0.25, 0.3) is 10.4 Å². The van der Waals surface area contributed by atoms with Crippen molar-refractivity contribution in [3.05, 3.63) is 68.0 Å². The molecule has 2 aromatic rings. The molecule has 22 heavy (non-hydrogen) atoms. The van der Waals surface area contributed by atoms with Gasteiger partial charge in [0.2, 0.25) is 0 Å². The molecule has 0 aromatic carbocycles. The summed E-state index contributed by atoms with van der Waals surface area (Å²) in [5, 5.41) is 12.1. The van der Waals surface area contributed by atoms with Gasteiger partial charge in [0.15, 0.2) is 0 Å². The molecule has 0 unspecified atom stereocenters. The standard InChI is InChI=1S/C6H4ClFN4.C6H5ClFNO/c7-6-4(2-11-12-9)1-5(8)3-10-6;7-6-4(3-10)1-5(8)2-9-6/h1,3H,2H2;1-2,10H,3H2. The van der Waals surface area contributed by atoms with Gasteiger partial charge in [0.1, 0.15) is 21.9 Å². The normalized spacial score (nSPS) is 9.50. The summed E-state index contributed by atoms with van der Waals surface area (Å²) in [5.41, 5.74) is 8.68. The number of nitrogens with zero attached hydrogens (tertiary/aromatic N) is 5. The Morgan fingerprint density at radius 2 is 1.59 bits per heavy atom. The van der Waals surface area contributed by atoms with E-state index in [0.29, 0.717) is 11.1 Å². The van der Waals surface area contributed by atoms with Crippen molar-refractivity contribution in [3.63, 3.8) is 0 Å². The van der Waals surface area contributed by atoms with Crippen LogP contribution in [-0.4, -0.2) is 15.1 Å². The first-order valence-corrected chi connectivity index (χ1v) is 6.45. The third-order valence-electron chi connectivity index (χ3n) is 2.23. The number of rotatable bonds is 3. The summed E-state index contributed by atoms with van der Waals surface area (Å²) < 4.78 is 24.8. The van der Waals surface area contributed by atoms with Gasteiger partial charge in [0.05, 0.1) is 25.5 Å². The predicted molar refractivity (Wildman–Crippen MR) is 77.2 cm³/mol. The summed E-state index contributed by atoms with van der Waals surface area (Å²) >= 11 is 11.0. The van der Waals surface area contributed by atoms with Gasteiger partial charge in [0.25, 0.3) is 0 Å². The Labute approximate surface area is 134 Å². The van der Waals surface area contributed by atoms with E-state index in [4.69, 9.17) is 33.8 Å². The summed E-state index contributed by atoms with van der Waals surface area (Å²) in [5.74, 6) is -0.990. The van der Waals surface area contributed by atoms with Gasteiger partial charge in [-0.2, -0.15) is 0 Å². The van der Waals surface area contributed by atoms with Crippen LogP contribution in [0, 0.1) is 11.6 Å². The highest BCUT2D eigenvalue weighted by Crippen LogP contribution is 2.14. The Hall–Kier alpha value is -1.99. The Morgan fingerprint density at radius 3 is 2.05 bits per heavy atom. The Morgan fingerprint density at radius 1 is 1.09 bits per heavy atom. The molecule has 0 spiro atoms. The molecule has 2 aromatic heterocycles. The number of halogens is 4. The van der Waals surface area contributed by atoms with Crippen molar-refractivity contribution in [1.29, 1.82) is 0 Å². The number of aliphatic hydroxyl groups excluding tert-OH is 1. The molecule has 2 rings (SSSR count). The van der Waals surface area contributed by atoms with Crippen LogP contribution in [0.2, 0.25) is 10.3 Å². The Balaban J connectivity index is 0.000000224. The number of azide groups is 1. The fourth-order valence-corrected chi connectivity index (χ4v) is 1.58. The van der Waals surface area contributed by atoms with Crippen molar-refractivity contribution in [1.82, 2.24) is 9.97 Å². The lowest BCUT2D eigenvalue weighted by molar-refractivity contribution is 0.281. The number of hydrogen-bond donors (Lipinski definition) is 1. The maximum atomic E-state index is 12.5. The number of aromatic nitrogens is 2. The van der Waals surface area contributed by atoms with Crippen LogP contribution in [0.4, 0.5) is 8.78 Å².